The monoisotopic (exact) mass is 294 g/mol. The zero-order chi connectivity index (χ0) is 14.4. The van der Waals surface area contributed by atoms with Gasteiger partial charge in [0.05, 0.1) is 0 Å². The summed E-state index contributed by atoms with van der Waals surface area (Å²) >= 11 is 0. The van der Waals surface area contributed by atoms with E-state index in [2.05, 4.69) is 15.0 Å². The van der Waals surface area contributed by atoms with Crippen LogP contribution in [0.2, 0.25) is 0 Å². The summed E-state index contributed by atoms with van der Waals surface area (Å²) in [6, 6.07) is 0.639. The number of piperidine rings is 1. The molecule has 1 atom stereocenters. The van der Waals surface area contributed by atoms with Gasteiger partial charge in [-0.25, -0.2) is 0 Å². The fourth-order valence-corrected chi connectivity index (χ4v) is 3.45. The zero-order valence-corrected chi connectivity index (χ0v) is 11.9. The highest BCUT2D eigenvalue weighted by Crippen LogP contribution is 2.29. The van der Waals surface area contributed by atoms with Crippen molar-refractivity contribution in [1.29, 1.82) is 0 Å². The number of alkyl halides is 3. The predicted octanol–water partition coefficient (Wildman–Crippen LogP) is 2.42. The standard InChI is InChI=1S/C14H25F3N2O/c15-14(16,17)11-20-10-2-9-19-8-1-3-13(19)12-4-6-18-7-5-12/h12-13,18H,1-11H2. The number of halogens is 3. The third-order valence-electron chi connectivity index (χ3n) is 4.34. The summed E-state index contributed by atoms with van der Waals surface area (Å²) in [7, 11) is 0. The Labute approximate surface area is 118 Å². The van der Waals surface area contributed by atoms with Gasteiger partial charge in [-0.15, -0.1) is 0 Å². The molecule has 118 valence electrons. The third-order valence-corrected chi connectivity index (χ3v) is 4.34. The molecule has 2 heterocycles. The summed E-state index contributed by atoms with van der Waals surface area (Å²) in [6.07, 6.45) is 1.41. The van der Waals surface area contributed by atoms with Gasteiger partial charge in [-0.05, 0) is 57.7 Å². The molecule has 0 bridgehead atoms. The number of hydrogen-bond acceptors (Lipinski definition) is 3. The summed E-state index contributed by atoms with van der Waals surface area (Å²) in [5, 5.41) is 3.38. The van der Waals surface area contributed by atoms with E-state index in [1.54, 1.807) is 0 Å². The first kappa shape index (κ1) is 16.0. The van der Waals surface area contributed by atoms with Crippen LogP contribution < -0.4 is 5.32 Å². The maximum Gasteiger partial charge on any atom is 0.411 e. The number of nitrogens with zero attached hydrogens (tertiary/aromatic N) is 1. The molecule has 0 aromatic rings. The Morgan fingerprint density at radius 2 is 1.90 bits per heavy atom. The van der Waals surface area contributed by atoms with Crippen LogP contribution in [0.3, 0.4) is 0 Å². The van der Waals surface area contributed by atoms with Crippen molar-refractivity contribution in [1.82, 2.24) is 10.2 Å². The van der Waals surface area contributed by atoms with Crippen molar-refractivity contribution in [3.8, 4) is 0 Å². The third kappa shape index (κ3) is 5.22. The van der Waals surface area contributed by atoms with Crippen LogP contribution in [0.5, 0.6) is 0 Å². The minimum absolute atomic E-state index is 0.203. The topological polar surface area (TPSA) is 24.5 Å². The average Bonchev–Trinajstić information content (AvgIpc) is 2.86. The molecule has 0 radical (unpaired) electrons. The molecule has 1 N–H and O–H groups in total. The molecule has 20 heavy (non-hydrogen) atoms. The number of ether oxygens (including phenoxy) is 1. The first-order valence-electron chi connectivity index (χ1n) is 7.65. The highest BCUT2D eigenvalue weighted by atomic mass is 19.4. The van der Waals surface area contributed by atoms with E-state index >= 15 is 0 Å². The van der Waals surface area contributed by atoms with E-state index < -0.39 is 12.8 Å². The van der Waals surface area contributed by atoms with E-state index in [0.29, 0.717) is 12.5 Å². The molecule has 2 saturated heterocycles. The van der Waals surface area contributed by atoms with Crippen LogP contribution in [0.4, 0.5) is 13.2 Å². The number of hydrogen-bond donors (Lipinski definition) is 1. The fourth-order valence-electron chi connectivity index (χ4n) is 3.45. The van der Waals surface area contributed by atoms with Gasteiger partial charge in [0.1, 0.15) is 6.61 Å². The predicted molar refractivity (Wildman–Crippen MR) is 71.7 cm³/mol. The van der Waals surface area contributed by atoms with E-state index in [1.807, 2.05) is 0 Å². The Balaban J connectivity index is 1.64. The minimum Gasteiger partial charge on any atom is -0.372 e. The van der Waals surface area contributed by atoms with Gasteiger partial charge in [-0.3, -0.25) is 0 Å². The molecular weight excluding hydrogens is 269 g/mol. The summed E-state index contributed by atoms with van der Waals surface area (Å²) in [5.41, 5.74) is 0. The highest BCUT2D eigenvalue weighted by Gasteiger charge is 2.32. The first-order valence-corrected chi connectivity index (χ1v) is 7.65. The second kappa shape index (κ2) is 7.61. The van der Waals surface area contributed by atoms with Crippen molar-refractivity contribution in [3.05, 3.63) is 0 Å². The summed E-state index contributed by atoms with van der Waals surface area (Å²) in [4.78, 5) is 2.47. The number of nitrogens with one attached hydrogen (secondary N) is 1. The summed E-state index contributed by atoms with van der Waals surface area (Å²) in [6.45, 7) is 3.24. The van der Waals surface area contributed by atoms with Gasteiger partial charge in [-0.2, -0.15) is 13.2 Å². The van der Waals surface area contributed by atoms with Gasteiger partial charge in [-0.1, -0.05) is 0 Å². The molecule has 2 aliphatic rings. The largest absolute Gasteiger partial charge is 0.411 e. The Hall–Kier alpha value is -0.330. The van der Waals surface area contributed by atoms with Crippen molar-refractivity contribution in [2.45, 2.75) is 44.3 Å². The van der Waals surface area contributed by atoms with Crippen molar-refractivity contribution in [2.24, 2.45) is 5.92 Å². The number of likely N-dealkylation sites (tertiary alicyclic amines) is 1. The fraction of sp³-hybridized carbons (Fsp3) is 1.00. The zero-order valence-electron chi connectivity index (χ0n) is 11.9. The van der Waals surface area contributed by atoms with E-state index in [4.69, 9.17) is 0 Å². The average molecular weight is 294 g/mol. The van der Waals surface area contributed by atoms with Crippen molar-refractivity contribution in [2.75, 3.05) is 39.4 Å². The normalized spacial score (nSPS) is 26.2. The quantitative estimate of drug-likeness (QED) is 0.761. The molecule has 0 aromatic heterocycles. The van der Waals surface area contributed by atoms with Crippen LogP contribution in [-0.4, -0.2) is 56.5 Å². The van der Waals surface area contributed by atoms with Crippen molar-refractivity contribution < 1.29 is 17.9 Å². The molecule has 0 saturated carbocycles. The Kier molecular flexibility index (Phi) is 6.11. The molecule has 2 rings (SSSR count). The van der Waals surface area contributed by atoms with E-state index in [-0.39, 0.29) is 6.61 Å². The lowest BCUT2D eigenvalue weighted by Gasteiger charge is -2.34. The molecule has 0 aromatic carbocycles. The highest BCUT2D eigenvalue weighted by molar-refractivity contribution is 4.87. The van der Waals surface area contributed by atoms with Crippen LogP contribution in [0.1, 0.15) is 32.1 Å². The molecule has 0 amide bonds. The van der Waals surface area contributed by atoms with E-state index in [9.17, 15) is 13.2 Å². The molecule has 0 aliphatic carbocycles. The summed E-state index contributed by atoms with van der Waals surface area (Å²) < 4.78 is 40.5. The van der Waals surface area contributed by atoms with Crippen LogP contribution in [0.25, 0.3) is 0 Å². The summed E-state index contributed by atoms with van der Waals surface area (Å²) in [5.74, 6) is 0.759. The van der Waals surface area contributed by atoms with Crippen molar-refractivity contribution in [3.63, 3.8) is 0 Å². The number of rotatable bonds is 6. The molecular formula is C14H25F3N2O. The van der Waals surface area contributed by atoms with Gasteiger partial charge in [0.2, 0.25) is 0 Å². The molecule has 6 heteroatoms. The molecule has 2 aliphatic heterocycles. The first-order chi connectivity index (χ1) is 9.56. The molecule has 1 unspecified atom stereocenters. The molecule has 2 fully saturated rings. The van der Waals surface area contributed by atoms with Crippen LogP contribution in [0, 0.1) is 5.92 Å². The van der Waals surface area contributed by atoms with Crippen LogP contribution in [0.15, 0.2) is 0 Å². The Morgan fingerprint density at radius 1 is 1.15 bits per heavy atom. The second-order valence-electron chi connectivity index (χ2n) is 5.85. The van der Waals surface area contributed by atoms with Crippen molar-refractivity contribution >= 4 is 0 Å². The lowest BCUT2D eigenvalue weighted by Crippen LogP contribution is -2.41. The van der Waals surface area contributed by atoms with Crippen LogP contribution in [-0.2, 0) is 4.74 Å². The van der Waals surface area contributed by atoms with Gasteiger partial charge in [0, 0.05) is 19.2 Å². The van der Waals surface area contributed by atoms with E-state index in [0.717, 1.165) is 32.1 Å². The van der Waals surface area contributed by atoms with Gasteiger partial charge >= 0.3 is 6.18 Å². The lowest BCUT2D eigenvalue weighted by atomic mass is 9.88. The maximum absolute atomic E-state index is 11.9. The lowest BCUT2D eigenvalue weighted by molar-refractivity contribution is -0.174. The molecule has 3 nitrogen and oxygen atoms in total. The van der Waals surface area contributed by atoms with E-state index in [1.165, 1.54) is 25.7 Å². The van der Waals surface area contributed by atoms with Crippen LogP contribution >= 0.6 is 0 Å². The Bertz CT molecular complexity index is 280. The molecule has 0 spiro atoms. The Morgan fingerprint density at radius 3 is 2.60 bits per heavy atom. The second-order valence-corrected chi connectivity index (χ2v) is 5.85. The maximum atomic E-state index is 11.9. The SMILES string of the molecule is FC(F)(F)COCCCN1CCCC1C1CCNCC1. The van der Waals surface area contributed by atoms with Gasteiger partial charge in [0.15, 0.2) is 0 Å². The van der Waals surface area contributed by atoms with Gasteiger partial charge in [0.25, 0.3) is 0 Å². The van der Waals surface area contributed by atoms with Gasteiger partial charge < -0.3 is 15.0 Å². The minimum atomic E-state index is -4.20. The smallest absolute Gasteiger partial charge is 0.372 e.